The largest absolute Gasteiger partial charge is 0.452 e. The second-order valence-electron chi connectivity index (χ2n) is 5.50. The van der Waals surface area contributed by atoms with Crippen LogP contribution in [0.3, 0.4) is 0 Å². The molecule has 24 heavy (non-hydrogen) atoms. The average molecular weight is 350 g/mol. The van der Waals surface area contributed by atoms with Gasteiger partial charge in [-0.2, -0.15) is 5.26 Å². The van der Waals surface area contributed by atoms with E-state index in [0.717, 1.165) is 0 Å². The maximum atomic E-state index is 12.2. The van der Waals surface area contributed by atoms with Gasteiger partial charge in [0.05, 0.1) is 28.7 Å². The minimum atomic E-state index is -3.09. The lowest BCUT2D eigenvalue weighted by molar-refractivity contribution is -0.136. The SMILES string of the molecule is CCN(C(=O)COC(=O)c1ccc(C#N)cc1)[C@H]1CCS(=O)(=O)C1. The van der Waals surface area contributed by atoms with Crippen molar-refractivity contribution in [3.05, 3.63) is 35.4 Å². The van der Waals surface area contributed by atoms with Crippen LogP contribution in [-0.4, -0.2) is 55.9 Å². The lowest BCUT2D eigenvalue weighted by atomic mass is 10.1. The molecule has 1 saturated heterocycles. The van der Waals surface area contributed by atoms with Crippen LogP contribution in [0.5, 0.6) is 0 Å². The van der Waals surface area contributed by atoms with Crippen LogP contribution in [-0.2, 0) is 19.4 Å². The first-order valence-electron chi connectivity index (χ1n) is 7.53. The summed E-state index contributed by atoms with van der Waals surface area (Å²) in [6, 6.07) is 7.46. The molecule has 1 atom stereocenters. The molecule has 1 heterocycles. The van der Waals surface area contributed by atoms with Crippen molar-refractivity contribution >= 4 is 21.7 Å². The number of sulfone groups is 1. The van der Waals surface area contributed by atoms with Crippen LogP contribution in [0.25, 0.3) is 0 Å². The smallest absolute Gasteiger partial charge is 0.338 e. The summed E-state index contributed by atoms with van der Waals surface area (Å²) in [4.78, 5) is 25.6. The Balaban J connectivity index is 1.93. The van der Waals surface area contributed by atoms with Crippen molar-refractivity contribution in [2.24, 2.45) is 0 Å². The van der Waals surface area contributed by atoms with Crippen LogP contribution >= 0.6 is 0 Å². The molecule has 1 aliphatic rings. The van der Waals surface area contributed by atoms with Gasteiger partial charge < -0.3 is 9.64 Å². The molecule has 1 aliphatic heterocycles. The van der Waals surface area contributed by atoms with Gasteiger partial charge in [-0.25, -0.2) is 13.2 Å². The first-order valence-corrected chi connectivity index (χ1v) is 9.35. The Bertz CT molecular complexity index is 765. The summed E-state index contributed by atoms with van der Waals surface area (Å²) < 4.78 is 28.1. The molecule has 0 radical (unpaired) electrons. The number of rotatable bonds is 5. The quantitative estimate of drug-likeness (QED) is 0.726. The Morgan fingerprint density at radius 3 is 2.50 bits per heavy atom. The number of benzene rings is 1. The van der Waals surface area contributed by atoms with Gasteiger partial charge in [0.1, 0.15) is 0 Å². The molecule has 0 bridgehead atoms. The zero-order valence-electron chi connectivity index (χ0n) is 13.3. The summed E-state index contributed by atoms with van der Waals surface area (Å²) in [5.41, 5.74) is 0.663. The maximum Gasteiger partial charge on any atom is 0.338 e. The molecule has 1 aromatic carbocycles. The summed E-state index contributed by atoms with van der Waals surface area (Å²) in [5.74, 6) is -1.05. The molecule has 2 rings (SSSR count). The fourth-order valence-corrected chi connectivity index (χ4v) is 4.36. The van der Waals surface area contributed by atoms with E-state index in [2.05, 4.69) is 0 Å². The highest BCUT2D eigenvalue weighted by molar-refractivity contribution is 7.91. The minimum Gasteiger partial charge on any atom is -0.452 e. The highest BCUT2D eigenvalue weighted by atomic mass is 32.2. The lowest BCUT2D eigenvalue weighted by Crippen LogP contribution is -2.43. The summed E-state index contributed by atoms with van der Waals surface area (Å²) in [6.45, 7) is 1.67. The Morgan fingerprint density at radius 2 is 2.00 bits per heavy atom. The zero-order valence-corrected chi connectivity index (χ0v) is 14.1. The monoisotopic (exact) mass is 350 g/mol. The van der Waals surface area contributed by atoms with Gasteiger partial charge in [-0.15, -0.1) is 0 Å². The van der Waals surface area contributed by atoms with Crippen LogP contribution in [0, 0.1) is 11.3 Å². The predicted octanol–water partition coefficient (Wildman–Crippen LogP) is 0.751. The van der Waals surface area contributed by atoms with Crippen LogP contribution in [0.4, 0.5) is 0 Å². The second-order valence-corrected chi connectivity index (χ2v) is 7.73. The number of carbonyl (C=O) groups excluding carboxylic acids is 2. The molecule has 1 fully saturated rings. The first kappa shape index (κ1) is 17.9. The molecule has 0 aliphatic carbocycles. The van der Waals surface area contributed by atoms with E-state index >= 15 is 0 Å². The van der Waals surface area contributed by atoms with E-state index in [1.54, 1.807) is 6.92 Å². The number of hydrogen-bond donors (Lipinski definition) is 0. The summed E-state index contributed by atoms with van der Waals surface area (Å²) >= 11 is 0. The molecular formula is C16H18N2O5S. The number of nitrogens with zero attached hydrogens (tertiary/aromatic N) is 2. The number of amides is 1. The van der Waals surface area contributed by atoms with Crippen LogP contribution in [0.2, 0.25) is 0 Å². The van der Waals surface area contributed by atoms with E-state index in [-0.39, 0.29) is 23.1 Å². The van der Waals surface area contributed by atoms with Crippen molar-refractivity contribution in [3.8, 4) is 6.07 Å². The predicted molar refractivity (Wildman–Crippen MR) is 85.9 cm³/mol. The molecule has 0 aromatic heterocycles. The van der Waals surface area contributed by atoms with Gasteiger partial charge in [0.15, 0.2) is 16.4 Å². The Kier molecular flexibility index (Phi) is 5.57. The van der Waals surface area contributed by atoms with E-state index in [1.807, 2.05) is 6.07 Å². The third-order valence-electron chi connectivity index (χ3n) is 3.89. The van der Waals surface area contributed by atoms with E-state index in [4.69, 9.17) is 10.00 Å². The van der Waals surface area contributed by atoms with Crippen molar-refractivity contribution < 1.29 is 22.7 Å². The van der Waals surface area contributed by atoms with Crippen LogP contribution < -0.4 is 0 Å². The van der Waals surface area contributed by atoms with Crippen LogP contribution in [0.15, 0.2) is 24.3 Å². The Hall–Kier alpha value is -2.40. The van der Waals surface area contributed by atoms with Gasteiger partial charge in [0, 0.05) is 12.6 Å². The number of esters is 1. The van der Waals surface area contributed by atoms with Gasteiger partial charge >= 0.3 is 5.97 Å². The molecule has 7 nitrogen and oxygen atoms in total. The molecule has 1 amide bonds. The Labute approximate surface area is 140 Å². The highest BCUT2D eigenvalue weighted by Gasteiger charge is 2.34. The van der Waals surface area contributed by atoms with E-state index in [1.165, 1.54) is 29.2 Å². The molecule has 0 spiro atoms. The fraction of sp³-hybridized carbons (Fsp3) is 0.438. The maximum absolute atomic E-state index is 12.2. The molecule has 0 unspecified atom stereocenters. The summed E-state index contributed by atoms with van der Waals surface area (Å²) in [7, 11) is -3.09. The summed E-state index contributed by atoms with van der Waals surface area (Å²) in [5, 5.41) is 8.71. The number of nitriles is 1. The molecule has 1 aromatic rings. The molecule has 0 saturated carbocycles. The topological polar surface area (TPSA) is 105 Å². The van der Waals surface area contributed by atoms with E-state index < -0.39 is 28.3 Å². The van der Waals surface area contributed by atoms with Gasteiger partial charge in [-0.05, 0) is 37.6 Å². The average Bonchev–Trinajstić information content (AvgIpc) is 2.93. The van der Waals surface area contributed by atoms with Gasteiger partial charge in [-0.1, -0.05) is 0 Å². The summed E-state index contributed by atoms with van der Waals surface area (Å²) in [6.07, 6.45) is 0.408. The third kappa shape index (κ3) is 4.32. The number of carbonyl (C=O) groups is 2. The van der Waals surface area contributed by atoms with Crippen molar-refractivity contribution in [3.63, 3.8) is 0 Å². The molecule has 8 heteroatoms. The Morgan fingerprint density at radius 1 is 1.33 bits per heavy atom. The van der Waals surface area contributed by atoms with Crippen LogP contribution in [0.1, 0.15) is 29.3 Å². The third-order valence-corrected chi connectivity index (χ3v) is 5.64. The van der Waals surface area contributed by atoms with Crippen molar-refractivity contribution in [2.45, 2.75) is 19.4 Å². The number of ether oxygens (including phenoxy) is 1. The number of hydrogen-bond acceptors (Lipinski definition) is 6. The highest BCUT2D eigenvalue weighted by Crippen LogP contribution is 2.18. The normalized spacial score (nSPS) is 18.6. The van der Waals surface area contributed by atoms with E-state index in [9.17, 15) is 18.0 Å². The van der Waals surface area contributed by atoms with Crippen molar-refractivity contribution in [2.75, 3.05) is 24.7 Å². The lowest BCUT2D eigenvalue weighted by Gasteiger charge is -2.26. The van der Waals surface area contributed by atoms with Gasteiger partial charge in [0.25, 0.3) is 5.91 Å². The standard InChI is InChI=1S/C16H18N2O5S/c1-2-18(14-7-8-24(21,22)11-14)15(19)10-23-16(20)13-5-3-12(9-17)4-6-13/h3-6,14H,2,7-8,10-11H2,1H3/t14-/m0/s1. The zero-order chi connectivity index (χ0) is 17.7. The second kappa shape index (κ2) is 7.45. The van der Waals surface area contributed by atoms with E-state index in [0.29, 0.717) is 18.5 Å². The van der Waals surface area contributed by atoms with Gasteiger partial charge in [-0.3, -0.25) is 4.79 Å². The minimum absolute atomic E-state index is 0.0455. The van der Waals surface area contributed by atoms with Gasteiger partial charge in [0.2, 0.25) is 0 Å². The van der Waals surface area contributed by atoms with Crippen molar-refractivity contribution in [1.82, 2.24) is 4.90 Å². The molecule has 0 N–H and O–H groups in total. The molecular weight excluding hydrogens is 332 g/mol. The molecule has 128 valence electrons. The fourth-order valence-electron chi connectivity index (χ4n) is 2.63. The number of likely N-dealkylation sites (N-methyl/N-ethyl adjacent to an activating group) is 1. The first-order chi connectivity index (χ1) is 11.4. The van der Waals surface area contributed by atoms with Crippen molar-refractivity contribution in [1.29, 1.82) is 5.26 Å².